The molecule has 0 fully saturated rings. The van der Waals surface area contributed by atoms with E-state index in [1.54, 1.807) is 42.5 Å². The molecule has 4 nitrogen and oxygen atoms in total. The number of benzene rings is 2. The van der Waals surface area contributed by atoms with Gasteiger partial charge in [-0.1, -0.05) is 41.4 Å². The van der Waals surface area contributed by atoms with E-state index in [0.29, 0.717) is 26.4 Å². The third-order valence-corrected chi connectivity index (χ3v) is 5.14. The van der Waals surface area contributed by atoms with Gasteiger partial charge in [0.1, 0.15) is 16.8 Å². The second-order valence-electron chi connectivity index (χ2n) is 5.50. The molecule has 3 aromatic rings. The Morgan fingerprint density at radius 2 is 1.93 bits per heavy atom. The molecule has 1 aromatic heterocycles. The van der Waals surface area contributed by atoms with Crippen molar-refractivity contribution < 1.29 is 9.53 Å². The number of carbonyl (C=O) groups is 1. The van der Waals surface area contributed by atoms with Crippen molar-refractivity contribution in [1.29, 1.82) is 5.26 Å². The Labute approximate surface area is 170 Å². The molecule has 0 atom stereocenters. The van der Waals surface area contributed by atoms with Gasteiger partial charge in [-0.3, -0.25) is 4.79 Å². The van der Waals surface area contributed by atoms with Crippen molar-refractivity contribution in [1.82, 2.24) is 4.98 Å². The molecule has 0 amide bonds. The third-order valence-electron chi connectivity index (χ3n) is 3.52. The minimum absolute atomic E-state index is 0.381. The van der Waals surface area contributed by atoms with E-state index >= 15 is 0 Å². The summed E-state index contributed by atoms with van der Waals surface area (Å²) in [6.07, 6.45) is 1.73. The van der Waals surface area contributed by atoms with Crippen LogP contribution in [0.25, 0.3) is 22.9 Å². The summed E-state index contributed by atoms with van der Waals surface area (Å²) in [7, 11) is 0. The van der Waals surface area contributed by atoms with Crippen molar-refractivity contribution in [3.05, 3.63) is 68.5 Å². The number of ether oxygens (including phenoxy) is 1. The van der Waals surface area contributed by atoms with E-state index < -0.39 is 0 Å². The fourth-order valence-electron chi connectivity index (χ4n) is 2.29. The molecular formula is C20H12Cl2N2O2S. The first-order valence-electron chi connectivity index (χ1n) is 7.78. The maximum Gasteiger partial charge on any atom is 0.308 e. The summed E-state index contributed by atoms with van der Waals surface area (Å²) in [5, 5.41) is 12.9. The van der Waals surface area contributed by atoms with Gasteiger partial charge in [0.05, 0.1) is 21.3 Å². The summed E-state index contributed by atoms with van der Waals surface area (Å²) < 4.78 is 5.00. The van der Waals surface area contributed by atoms with E-state index in [9.17, 15) is 10.1 Å². The Hall–Kier alpha value is -2.65. The summed E-state index contributed by atoms with van der Waals surface area (Å²) in [6.45, 7) is 1.34. The summed E-state index contributed by atoms with van der Waals surface area (Å²) in [6, 6.07) is 14.3. The quantitative estimate of drug-likeness (QED) is 0.293. The van der Waals surface area contributed by atoms with Crippen molar-refractivity contribution in [3.8, 4) is 23.1 Å². The number of rotatable bonds is 4. The van der Waals surface area contributed by atoms with Gasteiger partial charge >= 0.3 is 5.97 Å². The highest BCUT2D eigenvalue weighted by Gasteiger charge is 2.10. The van der Waals surface area contributed by atoms with Gasteiger partial charge < -0.3 is 4.74 Å². The highest BCUT2D eigenvalue weighted by Crippen LogP contribution is 2.31. The number of hydrogen-bond acceptors (Lipinski definition) is 5. The normalized spacial score (nSPS) is 11.1. The Kier molecular flexibility index (Phi) is 5.92. The largest absolute Gasteiger partial charge is 0.427 e. The first-order chi connectivity index (χ1) is 13.0. The summed E-state index contributed by atoms with van der Waals surface area (Å²) in [4.78, 5) is 15.5. The van der Waals surface area contributed by atoms with E-state index in [1.807, 2.05) is 11.4 Å². The lowest BCUT2D eigenvalue weighted by Crippen LogP contribution is -2.00. The third kappa shape index (κ3) is 4.75. The average Bonchev–Trinajstić information content (AvgIpc) is 3.13. The number of allylic oxidation sites excluding steroid dienone is 1. The van der Waals surface area contributed by atoms with Gasteiger partial charge in [-0.15, -0.1) is 11.3 Å². The predicted molar refractivity (Wildman–Crippen MR) is 109 cm³/mol. The summed E-state index contributed by atoms with van der Waals surface area (Å²) in [5.74, 6) is 0.0722. The molecule has 1 heterocycles. The molecule has 7 heteroatoms. The lowest BCUT2D eigenvalue weighted by atomic mass is 10.1. The molecule has 0 N–H and O–H groups in total. The molecule has 0 spiro atoms. The summed E-state index contributed by atoms with van der Waals surface area (Å²) in [5.41, 5.74) is 2.79. The monoisotopic (exact) mass is 414 g/mol. The fraction of sp³-hybridized carbons (Fsp3) is 0.0500. The number of hydrogen-bond donors (Lipinski definition) is 0. The van der Waals surface area contributed by atoms with Gasteiger partial charge in [-0.05, 0) is 35.9 Å². The molecule has 134 valence electrons. The Morgan fingerprint density at radius 3 is 2.56 bits per heavy atom. The minimum atomic E-state index is -0.381. The molecule has 0 saturated carbocycles. The number of aromatic nitrogens is 1. The van der Waals surface area contributed by atoms with Crippen LogP contribution in [0, 0.1) is 11.3 Å². The van der Waals surface area contributed by atoms with Crippen LogP contribution in [-0.2, 0) is 4.79 Å². The number of thiazole rings is 1. The Balaban J connectivity index is 1.87. The van der Waals surface area contributed by atoms with Crippen molar-refractivity contribution in [2.45, 2.75) is 6.92 Å². The number of nitriles is 1. The first-order valence-corrected chi connectivity index (χ1v) is 9.41. The van der Waals surface area contributed by atoms with Gasteiger partial charge in [0.15, 0.2) is 0 Å². The van der Waals surface area contributed by atoms with E-state index in [0.717, 1.165) is 16.8 Å². The fourth-order valence-corrected chi connectivity index (χ4v) is 3.38. The van der Waals surface area contributed by atoms with Crippen LogP contribution in [-0.4, -0.2) is 11.0 Å². The zero-order valence-corrected chi connectivity index (χ0v) is 16.4. The molecule has 0 bridgehead atoms. The molecule has 2 aromatic carbocycles. The van der Waals surface area contributed by atoms with Gasteiger partial charge in [0.2, 0.25) is 0 Å². The predicted octanol–water partition coefficient (Wildman–Crippen LogP) is 6.11. The van der Waals surface area contributed by atoms with Crippen molar-refractivity contribution in [2.24, 2.45) is 0 Å². The van der Waals surface area contributed by atoms with Crippen LogP contribution in [0.5, 0.6) is 5.75 Å². The molecule has 3 rings (SSSR count). The maximum absolute atomic E-state index is 11.0. The maximum atomic E-state index is 11.0. The van der Waals surface area contributed by atoms with Gasteiger partial charge in [-0.2, -0.15) is 5.26 Å². The smallest absolute Gasteiger partial charge is 0.308 e. The number of carbonyl (C=O) groups excluding carboxylic acids is 1. The van der Waals surface area contributed by atoms with Crippen LogP contribution in [0.4, 0.5) is 0 Å². The topological polar surface area (TPSA) is 63.0 Å². The zero-order chi connectivity index (χ0) is 19.4. The Bertz CT molecular complexity index is 1070. The highest BCUT2D eigenvalue weighted by molar-refractivity contribution is 7.11. The van der Waals surface area contributed by atoms with Gasteiger partial charge in [0.25, 0.3) is 0 Å². The molecule has 0 saturated heterocycles. The van der Waals surface area contributed by atoms with Crippen LogP contribution in [0.3, 0.4) is 0 Å². The molecular weight excluding hydrogens is 403 g/mol. The lowest BCUT2D eigenvalue weighted by molar-refractivity contribution is -0.131. The number of halogens is 2. The van der Waals surface area contributed by atoms with E-state index in [4.69, 9.17) is 27.9 Å². The molecule has 0 aliphatic carbocycles. The van der Waals surface area contributed by atoms with Crippen molar-refractivity contribution in [3.63, 3.8) is 0 Å². The molecule has 0 aliphatic heterocycles. The second kappa shape index (κ2) is 8.36. The van der Waals surface area contributed by atoms with Gasteiger partial charge in [0, 0.05) is 17.9 Å². The minimum Gasteiger partial charge on any atom is -0.427 e. The SMILES string of the molecule is CC(=O)Oc1ccc(/C=C(/C#N)c2nc(-c3ccc(Cl)c(Cl)c3)cs2)cc1. The molecule has 0 unspecified atom stereocenters. The molecule has 27 heavy (non-hydrogen) atoms. The zero-order valence-electron chi connectivity index (χ0n) is 14.1. The first kappa shape index (κ1) is 19.1. The van der Waals surface area contributed by atoms with Crippen molar-refractivity contribution >= 4 is 52.2 Å². The summed E-state index contributed by atoms with van der Waals surface area (Å²) >= 11 is 13.4. The lowest BCUT2D eigenvalue weighted by Gasteiger charge is -2.01. The number of nitrogens with zero attached hydrogens (tertiary/aromatic N) is 2. The van der Waals surface area contributed by atoms with E-state index in [1.165, 1.54) is 18.3 Å². The second-order valence-corrected chi connectivity index (χ2v) is 7.17. The van der Waals surface area contributed by atoms with Crippen LogP contribution in [0.1, 0.15) is 17.5 Å². The highest BCUT2D eigenvalue weighted by atomic mass is 35.5. The van der Waals surface area contributed by atoms with Crippen molar-refractivity contribution in [2.75, 3.05) is 0 Å². The Morgan fingerprint density at radius 1 is 1.19 bits per heavy atom. The molecule has 0 aliphatic rings. The number of esters is 1. The van der Waals surface area contributed by atoms with E-state index in [2.05, 4.69) is 11.1 Å². The van der Waals surface area contributed by atoms with Crippen LogP contribution in [0.2, 0.25) is 10.0 Å². The van der Waals surface area contributed by atoms with Gasteiger partial charge in [-0.25, -0.2) is 4.98 Å². The average molecular weight is 415 g/mol. The van der Waals surface area contributed by atoms with Crippen LogP contribution in [0.15, 0.2) is 47.8 Å². The molecule has 0 radical (unpaired) electrons. The standard InChI is InChI=1S/C20H12Cl2N2O2S/c1-12(25)26-16-5-2-13(3-6-16)8-15(10-23)20-24-19(11-27-20)14-4-7-17(21)18(22)9-14/h2-9,11H,1H3/b15-8-. The van der Waals surface area contributed by atoms with Crippen LogP contribution >= 0.6 is 34.5 Å². The van der Waals surface area contributed by atoms with E-state index in [-0.39, 0.29) is 5.97 Å². The van der Waals surface area contributed by atoms with Crippen LogP contribution < -0.4 is 4.74 Å².